The first-order valence-corrected chi connectivity index (χ1v) is 8.33. The van der Waals surface area contributed by atoms with E-state index >= 15 is 0 Å². The minimum Gasteiger partial charge on any atom is -0.461 e. The monoisotopic (exact) mass is 344 g/mol. The first kappa shape index (κ1) is 14.9. The summed E-state index contributed by atoms with van der Waals surface area (Å²) in [5, 5.41) is 0.257. The Hall–Kier alpha value is -2.61. The maximum Gasteiger partial charge on any atom is 0.367 e. The maximum absolute atomic E-state index is 13.4. The number of rotatable bonds is 3. The Morgan fingerprint density at radius 1 is 1.42 bits per heavy atom. The zero-order valence-electron chi connectivity index (χ0n) is 12.8. The van der Waals surface area contributed by atoms with Gasteiger partial charge in [0.1, 0.15) is 22.5 Å². The van der Waals surface area contributed by atoms with Gasteiger partial charge in [0.2, 0.25) is 5.01 Å². The molecule has 1 aromatic carbocycles. The standard InChI is InChI=1S/C16H13FN4O2S/c1-2-23-16(22)15-20-12-13(18-8-19-14(12)24-15)21-6-5-9-7-10(17)3-4-11(9)21/h3-4,7-8H,2,5-6H2,1H3. The first-order chi connectivity index (χ1) is 11.7. The Morgan fingerprint density at radius 3 is 3.12 bits per heavy atom. The highest BCUT2D eigenvalue weighted by atomic mass is 32.1. The van der Waals surface area contributed by atoms with Crippen LogP contribution in [-0.2, 0) is 11.2 Å². The quantitative estimate of drug-likeness (QED) is 0.680. The minimum absolute atomic E-state index is 0.248. The van der Waals surface area contributed by atoms with Crippen LogP contribution in [0.2, 0.25) is 0 Å². The summed E-state index contributed by atoms with van der Waals surface area (Å²) >= 11 is 1.18. The van der Waals surface area contributed by atoms with Crippen molar-refractivity contribution in [1.29, 1.82) is 0 Å². The van der Waals surface area contributed by atoms with Gasteiger partial charge in [0.05, 0.1) is 6.61 Å². The molecule has 4 rings (SSSR count). The molecule has 1 aliphatic heterocycles. The number of thiazole rings is 1. The van der Waals surface area contributed by atoms with E-state index in [9.17, 15) is 9.18 Å². The summed E-state index contributed by atoms with van der Waals surface area (Å²) in [5.74, 6) is -0.0887. The van der Waals surface area contributed by atoms with Gasteiger partial charge in [-0.05, 0) is 37.1 Å². The Kier molecular flexibility index (Phi) is 3.61. The molecule has 0 bridgehead atoms. The number of nitrogens with zero attached hydrogens (tertiary/aromatic N) is 4. The van der Waals surface area contributed by atoms with Gasteiger partial charge in [0.25, 0.3) is 0 Å². The molecule has 0 saturated carbocycles. The zero-order chi connectivity index (χ0) is 16.7. The molecule has 0 amide bonds. The van der Waals surface area contributed by atoms with E-state index in [-0.39, 0.29) is 10.8 Å². The number of carbonyl (C=O) groups is 1. The molecule has 0 unspecified atom stereocenters. The number of halogens is 1. The van der Waals surface area contributed by atoms with Crippen molar-refractivity contribution in [2.24, 2.45) is 0 Å². The number of anilines is 2. The van der Waals surface area contributed by atoms with Crippen LogP contribution >= 0.6 is 11.3 Å². The van der Waals surface area contributed by atoms with E-state index in [0.717, 1.165) is 17.7 Å². The van der Waals surface area contributed by atoms with Crippen molar-refractivity contribution in [2.75, 3.05) is 18.1 Å². The molecule has 0 saturated heterocycles. The molecule has 0 N–H and O–H groups in total. The van der Waals surface area contributed by atoms with Gasteiger partial charge in [-0.15, -0.1) is 0 Å². The molecular formula is C16H13FN4O2S. The van der Waals surface area contributed by atoms with Gasteiger partial charge in [0, 0.05) is 12.2 Å². The average molecular weight is 344 g/mol. The number of fused-ring (bicyclic) bond motifs is 2. The number of esters is 1. The van der Waals surface area contributed by atoms with Crippen LogP contribution in [0.25, 0.3) is 10.3 Å². The first-order valence-electron chi connectivity index (χ1n) is 7.52. The molecule has 122 valence electrons. The SMILES string of the molecule is CCOC(=O)c1nc2c(N3CCc4cc(F)ccc43)ncnc2s1. The minimum atomic E-state index is -0.463. The lowest BCUT2D eigenvalue weighted by Gasteiger charge is -2.18. The number of benzene rings is 1. The number of carbonyl (C=O) groups excluding carboxylic acids is 1. The van der Waals surface area contributed by atoms with E-state index in [1.54, 1.807) is 19.1 Å². The van der Waals surface area contributed by atoms with Crippen LogP contribution in [0.3, 0.4) is 0 Å². The highest BCUT2D eigenvalue weighted by molar-refractivity contribution is 7.19. The predicted molar refractivity (Wildman–Crippen MR) is 88.3 cm³/mol. The van der Waals surface area contributed by atoms with E-state index < -0.39 is 5.97 Å². The topological polar surface area (TPSA) is 68.2 Å². The van der Waals surface area contributed by atoms with Crippen LogP contribution in [-0.4, -0.2) is 34.1 Å². The van der Waals surface area contributed by atoms with Crippen molar-refractivity contribution in [3.8, 4) is 0 Å². The molecule has 0 radical (unpaired) electrons. The van der Waals surface area contributed by atoms with Crippen LogP contribution in [0.4, 0.5) is 15.9 Å². The van der Waals surface area contributed by atoms with Gasteiger partial charge < -0.3 is 9.64 Å². The third-order valence-corrected chi connectivity index (χ3v) is 4.76. The smallest absolute Gasteiger partial charge is 0.367 e. The molecule has 0 atom stereocenters. The van der Waals surface area contributed by atoms with E-state index in [1.165, 1.54) is 23.7 Å². The molecule has 0 fully saturated rings. The number of ether oxygens (including phenoxy) is 1. The molecular weight excluding hydrogens is 331 g/mol. The van der Waals surface area contributed by atoms with Crippen molar-refractivity contribution >= 4 is 39.2 Å². The molecule has 6 nitrogen and oxygen atoms in total. The Balaban J connectivity index is 1.80. The fraction of sp³-hybridized carbons (Fsp3) is 0.250. The zero-order valence-corrected chi connectivity index (χ0v) is 13.6. The molecule has 3 heterocycles. The molecule has 0 spiro atoms. The van der Waals surface area contributed by atoms with Crippen molar-refractivity contribution in [1.82, 2.24) is 15.0 Å². The van der Waals surface area contributed by atoms with Gasteiger partial charge in [-0.2, -0.15) is 0 Å². The second-order valence-corrected chi connectivity index (χ2v) is 6.24. The summed E-state index contributed by atoms with van der Waals surface area (Å²) in [4.78, 5) is 27.4. The normalized spacial score (nSPS) is 13.3. The second kappa shape index (κ2) is 5.79. The summed E-state index contributed by atoms with van der Waals surface area (Å²) < 4.78 is 18.4. The fourth-order valence-electron chi connectivity index (χ4n) is 2.81. The average Bonchev–Trinajstić information content (AvgIpc) is 3.18. The van der Waals surface area contributed by atoms with Gasteiger partial charge >= 0.3 is 5.97 Å². The molecule has 8 heteroatoms. The predicted octanol–water partition coefficient (Wildman–Crippen LogP) is 3.10. The van der Waals surface area contributed by atoms with Crippen molar-refractivity contribution in [3.05, 3.63) is 40.9 Å². The van der Waals surface area contributed by atoms with Gasteiger partial charge in [-0.3, -0.25) is 0 Å². The molecule has 0 aliphatic carbocycles. The molecule has 2 aromatic heterocycles. The van der Waals surface area contributed by atoms with Crippen LogP contribution in [0, 0.1) is 5.82 Å². The molecule has 1 aliphatic rings. The van der Waals surface area contributed by atoms with Gasteiger partial charge in [-0.1, -0.05) is 11.3 Å². The highest BCUT2D eigenvalue weighted by Crippen LogP contribution is 2.37. The Morgan fingerprint density at radius 2 is 2.29 bits per heavy atom. The Labute approximate surface area is 140 Å². The second-order valence-electron chi connectivity index (χ2n) is 5.27. The van der Waals surface area contributed by atoms with Crippen LogP contribution in [0.5, 0.6) is 0 Å². The summed E-state index contributed by atoms with van der Waals surface area (Å²) in [6.45, 7) is 2.71. The summed E-state index contributed by atoms with van der Waals surface area (Å²) in [7, 11) is 0. The summed E-state index contributed by atoms with van der Waals surface area (Å²) in [6, 6.07) is 4.71. The van der Waals surface area contributed by atoms with E-state index in [2.05, 4.69) is 15.0 Å². The highest BCUT2D eigenvalue weighted by Gasteiger charge is 2.26. The van der Waals surface area contributed by atoms with Crippen molar-refractivity contribution < 1.29 is 13.9 Å². The third kappa shape index (κ3) is 2.39. The molecule has 3 aromatic rings. The van der Waals surface area contributed by atoms with E-state index in [1.807, 2.05) is 4.90 Å². The summed E-state index contributed by atoms with van der Waals surface area (Å²) in [6.07, 6.45) is 2.18. The van der Waals surface area contributed by atoms with E-state index in [0.29, 0.717) is 29.3 Å². The van der Waals surface area contributed by atoms with Crippen LogP contribution in [0.1, 0.15) is 22.3 Å². The lowest BCUT2D eigenvalue weighted by atomic mass is 10.2. The summed E-state index contributed by atoms with van der Waals surface area (Å²) in [5.41, 5.74) is 2.40. The lowest BCUT2D eigenvalue weighted by Crippen LogP contribution is -2.15. The van der Waals surface area contributed by atoms with Crippen molar-refractivity contribution in [3.63, 3.8) is 0 Å². The van der Waals surface area contributed by atoms with E-state index in [4.69, 9.17) is 4.74 Å². The number of hydrogen-bond donors (Lipinski definition) is 0. The van der Waals surface area contributed by atoms with Crippen LogP contribution in [0.15, 0.2) is 24.5 Å². The Bertz CT molecular complexity index is 943. The van der Waals surface area contributed by atoms with Crippen molar-refractivity contribution in [2.45, 2.75) is 13.3 Å². The fourth-order valence-corrected chi connectivity index (χ4v) is 3.61. The van der Waals surface area contributed by atoms with Gasteiger partial charge in [0.15, 0.2) is 5.82 Å². The maximum atomic E-state index is 13.4. The third-order valence-electron chi connectivity index (χ3n) is 3.82. The lowest BCUT2D eigenvalue weighted by molar-refractivity contribution is 0.0526. The molecule has 24 heavy (non-hydrogen) atoms. The van der Waals surface area contributed by atoms with Crippen LogP contribution < -0.4 is 4.90 Å². The van der Waals surface area contributed by atoms with Gasteiger partial charge in [-0.25, -0.2) is 24.1 Å². The number of hydrogen-bond acceptors (Lipinski definition) is 7. The number of aromatic nitrogens is 3. The largest absolute Gasteiger partial charge is 0.461 e.